The quantitative estimate of drug-likeness (QED) is 0.260. The van der Waals surface area contributed by atoms with E-state index in [9.17, 15) is 9.59 Å². The SMILES string of the molecule is COCCCN1C(=O)S/C(=C/c2cc(Br)c(OCc3ccc(Cl)c(Cl)c3)c(OC)c2)C1=O. The molecule has 2 amide bonds. The van der Waals surface area contributed by atoms with Crippen LogP contribution < -0.4 is 9.47 Å². The highest BCUT2D eigenvalue weighted by atomic mass is 79.9. The number of rotatable bonds is 9. The molecule has 0 N–H and O–H groups in total. The van der Waals surface area contributed by atoms with Crippen LogP contribution >= 0.6 is 50.9 Å². The van der Waals surface area contributed by atoms with Gasteiger partial charge in [-0.2, -0.15) is 0 Å². The van der Waals surface area contributed by atoms with E-state index in [0.29, 0.717) is 56.1 Å². The maximum Gasteiger partial charge on any atom is 0.293 e. The molecule has 6 nitrogen and oxygen atoms in total. The second-order valence-corrected chi connectivity index (χ2v) is 9.41. The molecule has 2 aromatic carbocycles. The van der Waals surface area contributed by atoms with Crippen LogP contribution in [-0.4, -0.2) is 43.4 Å². The van der Waals surface area contributed by atoms with Crippen molar-refractivity contribution in [3.8, 4) is 11.5 Å². The van der Waals surface area contributed by atoms with E-state index in [0.717, 1.165) is 17.3 Å². The van der Waals surface area contributed by atoms with Crippen LogP contribution in [0.4, 0.5) is 4.79 Å². The number of nitrogens with zero attached hydrogens (tertiary/aromatic N) is 1. The number of carbonyl (C=O) groups is 2. The van der Waals surface area contributed by atoms with Crippen molar-refractivity contribution in [2.45, 2.75) is 13.0 Å². The number of methoxy groups -OCH3 is 2. The van der Waals surface area contributed by atoms with Crippen LogP contribution in [0.1, 0.15) is 17.5 Å². The molecule has 0 aliphatic carbocycles. The zero-order valence-corrected chi connectivity index (χ0v) is 21.2. The monoisotopic (exact) mass is 559 g/mol. The summed E-state index contributed by atoms with van der Waals surface area (Å²) in [6.45, 7) is 1.06. The zero-order valence-electron chi connectivity index (χ0n) is 17.3. The Kier molecular flexibility index (Phi) is 8.90. The summed E-state index contributed by atoms with van der Waals surface area (Å²) in [4.78, 5) is 26.4. The van der Waals surface area contributed by atoms with Crippen molar-refractivity contribution in [2.24, 2.45) is 0 Å². The first kappa shape index (κ1) is 24.9. The molecule has 1 fully saturated rings. The molecule has 1 aliphatic rings. The molecular formula is C22H20BrCl2NO5S. The predicted octanol–water partition coefficient (Wildman–Crippen LogP) is 6.42. The fourth-order valence-electron chi connectivity index (χ4n) is 2.96. The summed E-state index contributed by atoms with van der Waals surface area (Å²) < 4.78 is 17.0. The van der Waals surface area contributed by atoms with Crippen LogP contribution in [0.15, 0.2) is 39.7 Å². The number of benzene rings is 2. The molecule has 170 valence electrons. The van der Waals surface area contributed by atoms with Gasteiger partial charge in [-0.3, -0.25) is 14.5 Å². The largest absolute Gasteiger partial charge is 0.493 e. The molecule has 1 saturated heterocycles. The first-order valence-corrected chi connectivity index (χ1v) is 11.9. The first-order chi connectivity index (χ1) is 15.3. The first-order valence-electron chi connectivity index (χ1n) is 9.52. The van der Waals surface area contributed by atoms with Gasteiger partial charge in [-0.1, -0.05) is 29.3 Å². The van der Waals surface area contributed by atoms with E-state index in [1.807, 2.05) is 6.07 Å². The van der Waals surface area contributed by atoms with Crippen molar-refractivity contribution in [1.82, 2.24) is 4.90 Å². The lowest BCUT2D eigenvalue weighted by Crippen LogP contribution is -2.29. The molecule has 0 unspecified atom stereocenters. The smallest absolute Gasteiger partial charge is 0.293 e. The van der Waals surface area contributed by atoms with Gasteiger partial charge in [-0.15, -0.1) is 0 Å². The Balaban J connectivity index is 1.78. The van der Waals surface area contributed by atoms with Gasteiger partial charge in [0.1, 0.15) is 6.61 Å². The summed E-state index contributed by atoms with van der Waals surface area (Å²) in [5.74, 6) is 0.666. The molecule has 32 heavy (non-hydrogen) atoms. The Bertz CT molecular complexity index is 1060. The van der Waals surface area contributed by atoms with Gasteiger partial charge in [0.15, 0.2) is 11.5 Å². The van der Waals surface area contributed by atoms with E-state index in [1.165, 1.54) is 12.0 Å². The highest BCUT2D eigenvalue weighted by Crippen LogP contribution is 2.39. The van der Waals surface area contributed by atoms with Gasteiger partial charge in [0.05, 0.1) is 26.5 Å². The highest BCUT2D eigenvalue weighted by Gasteiger charge is 2.34. The summed E-state index contributed by atoms with van der Waals surface area (Å²) in [6.07, 6.45) is 2.25. The molecule has 3 rings (SSSR count). The van der Waals surface area contributed by atoms with Crippen LogP contribution in [0, 0.1) is 0 Å². The molecule has 1 heterocycles. The van der Waals surface area contributed by atoms with Crippen molar-refractivity contribution < 1.29 is 23.8 Å². The van der Waals surface area contributed by atoms with Gasteiger partial charge in [-0.05, 0) is 75.6 Å². The third-order valence-electron chi connectivity index (χ3n) is 4.52. The van der Waals surface area contributed by atoms with E-state index >= 15 is 0 Å². The second kappa shape index (κ2) is 11.4. The van der Waals surface area contributed by atoms with Crippen molar-refractivity contribution in [1.29, 1.82) is 0 Å². The molecule has 2 aromatic rings. The fraction of sp³-hybridized carbons (Fsp3) is 0.273. The van der Waals surface area contributed by atoms with E-state index < -0.39 is 0 Å². The standard InChI is InChI=1S/C22H20BrCl2NO5S/c1-29-7-3-6-26-21(27)19(32-22(26)28)11-14-8-15(23)20(18(10-14)30-2)31-12-13-4-5-16(24)17(25)9-13/h4-5,8-11H,3,6-7,12H2,1-2H3/b19-11+. The summed E-state index contributed by atoms with van der Waals surface area (Å²) in [5.41, 5.74) is 1.54. The van der Waals surface area contributed by atoms with Gasteiger partial charge in [0.2, 0.25) is 0 Å². The van der Waals surface area contributed by atoms with Crippen LogP contribution in [0.25, 0.3) is 6.08 Å². The van der Waals surface area contributed by atoms with Crippen molar-refractivity contribution in [3.05, 3.63) is 60.9 Å². The lowest BCUT2D eigenvalue weighted by atomic mass is 10.1. The molecule has 0 radical (unpaired) electrons. The van der Waals surface area contributed by atoms with Crippen LogP contribution in [-0.2, 0) is 16.1 Å². The molecule has 1 aliphatic heterocycles. The van der Waals surface area contributed by atoms with E-state index in [1.54, 1.807) is 37.5 Å². The number of amides is 2. The number of halogens is 3. The third-order valence-corrected chi connectivity index (χ3v) is 6.76. The van der Waals surface area contributed by atoms with Gasteiger partial charge in [-0.25, -0.2) is 0 Å². The van der Waals surface area contributed by atoms with Crippen LogP contribution in [0.5, 0.6) is 11.5 Å². The zero-order chi connectivity index (χ0) is 23.3. The van der Waals surface area contributed by atoms with E-state index in [-0.39, 0.29) is 17.8 Å². The molecule has 0 saturated carbocycles. The van der Waals surface area contributed by atoms with Crippen LogP contribution in [0.3, 0.4) is 0 Å². The lowest BCUT2D eigenvalue weighted by molar-refractivity contribution is -0.122. The summed E-state index contributed by atoms with van der Waals surface area (Å²) >= 11 is 16.4. The second-order valence-electron chi connectivity index (χ2n) is 6.75. The summed E-state index contributed by atoms with van der Waals surface area (Å²) in [5, 5.41) is 0.636. The summed E-state index contributed by atoms with van der Waals surface area (Å²) in [6, 6.07) is 8.81. The minimum absolute atomic E-state index is 0.256. The van der Waals surface area contributed by atoms with Gasteiger partial charge >= 0.3 is 0 Å². The Labute approximate surface area is 208 Å². The Morgan fingerprint density at radius 2 is 1.91 bits per heavy atom. The molecule has 10 heteroatoms. The molecule has 0 spiro atoms. The number of imide groups is 1. The number of hydrogen-bond donors (Lipinski definition) is 0. The molecular weight excluding hydrogens is 541 g/mol. The average molecular weight is 561 g/mol. The van der Waals surface area contributed by atoms with Gasteiger partial charge in [0.25, 0.3) is 11.1 Å². The van der Waals surface area contributed by atoms with Gasteiger partial charge in [0, 0.05) is 20.3 Å². The Morgan fingerprint density at radius 1 is 1.12 bits per heavy atom. The van der Waals surface area contributed by atoms with E-state index in [4.69, 9.17) is 37.4 Å². The number of carbonyl (C=O) groups excluding carboxylic acids is 2. The minimum Gasteiger partial charge on any atom is -0.493 e. The molecule has 0 aromatic heterocycles. The topological polar surface area (TPSA) is 65.1 Å². The highest BCUT2D eigenvalue weighted by molar-refractivity contribution is 9.10. The predicted molar refractivity (Wildman–Crippen MR) is 131 cm³/mol. The van der Waals surface area contributed by atoms with Crippen LogP contribution in [0.2, 0.25) is 10.0 Å². The van der Waals surface area contributed by atoms with Crippen molar-refractivity contribution >= 4 is 68.1 Å². The van der Waals surface area contributed by atoms with Crippen molar-refractivity contribution in [3.63, 3.8) is 0 Å². The number of ether oxygens (including phenoxy) is 3. The molecule has 0 atom stereocenters. The maximum absolute atomic E-state index is 12.6. The normalized spacial score (nSPS) is 15.0. The Morgan fingerprint density at radius 3 is 2.59 bits per heavy atom. The number of thioether (sulfide) groups is 1. The van der Waals surface area contributed by atoms with Gasteiger partial charge < -0.3 is 14.2 Å². The maximum atomic E-state index is 12.6. The third kappa shape index (κ3) is 5.99. The van der Waals surface area contributed by atoms with Crippen molar-refractivity contribution in [2.75, 3.05) is 27.4 Å². The fourth-order valence-corrected chi connectivity index (χ4v) is 4.72. The molecule has 0 bridgehead atoms. The average Bonchev–Trinajstić information content (AvgIpc) is 3.02. The summed E-state index contributed by atoms with van der Waals surface area (Å²) in [7, 11) is 3.11. The lowest BCUT2D eigenvalue weighted by Gasteiger charge is -2.14. The number of hydrogen-bond acceptors (Lipinski definition) is 6. The van der Waals surface area contributed by atoms with E-state index in [2.05, 4.69) is 15.9 Å². The minimum atomic E-state index is -0.314. The Hall–Kier alpha value is -1.71.